The van der Waals surface area contributed by atoms with Crippen molar-refractivity contribution in [3.05, 3.63) is 218 Å². The summed E-state index contributed by atoms with van der Waals surface area (Å²) in [5.74, 6) is 0. The third-order valence-electron chi connectivity index (χ3n) is 10.6. The molecular weight excluding hydrogens is 653 g/mol. The van der Waals surface area contributed by atoms with E-state index in [1.807, 2.05) is 0 Å². The Morgan fingerprint density at radius 2 is 0.648 bits per heavy atom. The third kappa shape index (κ3) is 5.53. The predicted molar refractivity (Wildman–Crippen MR) is 229 cm³/mol. The van der Waals surface area contributed by atoms with Gasteiger partial charge in [0.05, 0.1) is 16.6 Å². The van der Waals surface area contributed by atoms with E-state index in [9.17, 15) is 0 Å². The lowest BCUT2D eigenvalue weighted by molar-refractivity contribution is 1.28. The van der Waals surface area contributed by atoms with Crippen LogP contribution in [-0.4, -0.2) is 4.40 Å². The van der Waals surface area contributed by atoms with Crippen molar-refractivity contribution in [3.63, 3.8) is 0 Å². The van der Waals surface area contributed by atoms with Crippen LogP contribution in [0.15, 0.2) is 218 Å². The zero-order valence-electron chi connectivity index (χ0n) is 29.7. The number of aromatic nitrogens is 1. The van der Waals surface area contributed by atoms with Crippen LogP contribution in [0, 0.1) is 0 Å². The van der Waals surface area contributed by atoms with Gasteiger partial charge in [-0.3, -0.25) is 0 Å². The summed E-state index contributed by atoms with van der Waals surface area (Å²) in [6, 6.07) is 78.8. The van der Waals surface area contributed by atoms with Gasteiger partial charge in [0.2, 0.25) is 0 Å². The number of pyridine rings is 1. The molecule has 0 bridgehead atoms. The lowest BCUT2D eigenvalue weighted by Crippen LogP contribution is -2.09. The third-order valence-corrected chi connectivity index (χ3v) is 10.6. The molecule has 0 N–H and O–H groups in total. The van der Waals surface area contributed by atoms with Crippen LogP contribution in [0.3, 0.4) is 0 Å². The summed E-state index contributed by atoms with van der Waals surface area (Å²) in [5.41, 5.74) is 16.6. The van der Waals surface area contributed by atoms with E-state index >= 15 is 0 Å². The molecule has 2 nitrogen and oxygen atoms in total. The molecule has 0 radical (unpaired) electrons. The maximum atomic E-state index is 2.44. The molecule has 54 heavy (non-hydrogen) atoms. The average molecular weight is 689 g/mol. The van der Waals surface area contributed by atoms with Crippen LogP contribution in [-0.2, 0) is 0 Å². The molecule has 0 atom stereocenters. The van der Waals surface area contributed by atoms with E-state index in [0.717, 1.165) is 17.1 Å². The normalized spacial score (nSPS) is 11.3. The van der Waals surface area contributed by atoms with E-state index in [-0.39, 0.29) is 0 Å². The maximum absolute atomic E-state index is 2.44. The number of para-hydroxylation sites is 2. The smallest absolute Gasteiger partial charge is 0.0553 e. The summed E-state index contributed by atoms with van der Waals surface area (Å²) in [4.78, 5) is 2.35. The minimum atomic E-state index is 1.10. The molecule has 254 valence electrons. The zero-order valence-corrected chi connectivity index (χ0v) is 29.7. The zero-order chi connectivity index (χ0) is 35.8. The Hall–Kier alpha value is -7.16. The number of hydrogen-bond donors (Lipinski definition) is 0. The minimum Gasteiger partial charge on any atom is -0.311 e. The topological polar surface area (TPSA) is 7.65 Å². The van der Waals surface area contributed by atoms with E-state index < -0.39 is 0 Å². The number of hydrogen-bond acceptors (Lipinski definition) is 1. The van der Waals surface area contributed by atoms with Crippen molar-refractivity contribution in [3.8, 4) is 44.5 Å². The van der Waals surface area contributed by atoms with Crippen molar-refractivity contribution in [2.75, 3.05) is 4.90 Å². The standard InChI is InChI=1S/C52H36N2/c1-4-14-37(15-5-1)39-24-30-43(31-25-39)53(44-32-26-40(27-33-44)38-16-6-2-7-17-38)45-34-28-41(29-35-45)48-36-51-52(42-18-8-3-9-19-42)47-21-11-13-23-50(47)54(51)49-22-12-10-20-46(48)49/h1-36H. The van der Waals surface area contributed by atoms with Gasteiger partial charge in [-0.05, 0) is 93.5 Å². The highest BCUT2D eigenvalue weighted by atomic mass is 15.1. The van der Waals surface area contributed by atoms with E-state index in [1.165, 1.54) is 71.8 Å². The van der Waals surface area contributed by atoms with E-state index in [1.54, 1.807) is 0 Å². The summed E-state index contributed by atoms with van der Waals surface area (Å²) >= 11 is 0. The molecule has 0 aliphatic heterocycles. The van der Waals surface area contributed by atoms with Crippen molar-refractivity contribution >= 4 is 44.4 Å². The van der Waals surface area contributed by atoms with Gasteiger partial charge < -0.3 is 9.30 Å². The van der Waals surface area contributed by atoms with Crippen LogP contribution in [0.4, 0.5) is 17.1 Å². The maximum Gasteiger partial charge on any atom is 0.0553 e. The minimum absolute atomic E-state index is 1.10. The fourth-order valence-electron chi connectivity index (χ4n) is 8.02. The highest BCUT2D eigenvalue weighted by Crippen LogP contribution is 2.42. The summed E-state index contributed by atoms with van der Waals surface area (Å²) < 4.78 is 2.44. The first-order valence-corrected chi connectivity index (χ1v) is 18.5. The van der Waals surface area contributed by atoms with Gasteiger partial charge in [-0.2, -0.15) is 0 Å². The van der Waals surface area contributed by atoms with Crippen molar-refractivity contribution in [1.82, 2.24) is 4.40 Å². The van der Waals surface area contributed by atoms with Crippen LogP contribution in [0.1, 0.15) is 0 Å². The van der Waals surface area contributed by atoms with Gasteiger partial charge in [-0.15, -0.1) is 0 Å². The van der Waals surface area contributed by atoms with Crippen LogP contribution >= 0.6 is 0 Å². The predicted octanol–water partition coefficient (Wildman–Crippen LogP) is 14.4. The van der Waals surface area contributed by atoms with Crippen molar-refractivity contribution in [2.45, 2.75) is 0 Å². The van der Waals surface area contributed by atoms with Gasteiger partial charge in [0.1, 0.15) is 0 Å². The van der Waals surface area contributed by atoms with Crippen molar-refractivity contribution in [1.29, 1.82) is 0 Å². The van der Waals surface area contributed by atoms with Crippen molar-refractivity contribution in [2.24, 2.45) is 0 Å². The SMILES string of the molecule is c1ccc(-c2ccc(N(c3ccc(-c4ccccc4)cc3)c3ccc(-c4cc5c(-c6ccccc6)c6ccccc6n5c5ccccc45)cc3)cc2)cc1. The first-order chi connectivity index (χ1) is 26.8. The summed E-state index contributed by atoms with van der Waals surface area (Å²) in [6.07, 6.45) is 0. The molecule has 2 heteroatoms. The Bertz CT molecular complexity index is 2790. The number of fused-ring (bicyclic) bond motifs is 5. The van der Waals surface area contributed by atoms with E-state index in [2.05, 4.69) is 228 Å². The van der Waals surface area contributed by atoms with Crippen molar-refractivity contribution < 1.29 is 0 Å². The van der Waals surface area contributed by atoms with Gasteiger partial charge in [-0.1, -0.05) is 164 Å². The van der Waals surface area contributed by atoms with Gasteiger partial charge in [-0.25, -0.2) is 0 Å². The molecule has 8 aromatic carbocycles. The number of anilines is 3. The summed E-state index contributed by atoms with van der Waals surface area (Å²) in [5, 5.41) is 2.48. The molecule has 0 saturated carbocycles. The Balaban J connectivity index is 1.11. The second kappa shape index (κ2) is 13.4. The second-order valence-electron chi connectivity index (χ2n) is 13.8. The van der Waals surface area contributed by atoms with Gasteiger partial charge in [0.25, 0.3) is 0 Å². The Kier molecular flexibility index (Phi) is 7.85. The molecule has 0 fully saturated rings. The molecule has 0 aliphatic carbocycles. The molecule has 0 unspecified atom stereocenters. The first kappa shape index (κ1) is 31.6. The van der Waals surface area contributed by atoms with Crippen LogP contribution < -0.4 is 4.90 Å². The quantitative estimate of drug-likeness (QED) is 0.162. The average Bonchev–Trinajstić information content (AvgIpc) is 3.60. The molecule has 0 saturated heterocycles. The van der Waals surface area contributed by atoms with E-state index in [4.69, 9.17) is 0 Å². The largest absolute Gasteiger partial charge is 0.311 e. The molecule has 2 heterocycles. The Labute approximate surface area is 315 Å². The molecule has 0 amide bonds. The number of rotatable bonds is 7. The molecule has 0 spiro atoms. The second-order valence-corrected chi connectivity index (χ2v) is 13.8. The lowest BCUT2D eigenvalue weighted by Gasteiger charge is -2.26. The Morgan fingerprint density at radius 1 is 0.278 bits per heavy atom. The molecule has 0 aliphatic rings. The highest BCUT2D eigenvalue weighted by Gasteiger charge is 2.19. The molecule has 10 aromatic rings. The Morgan fingerprint density at radius 3 is 1.15 bits per heavy atom. The van der Waals surface area contributed by atoms with Crippen LogP contribution in [0.2, 0.25) is 0 Å². The molecule has 2 aromatic heterocycles. The van der Waals surface area contributed by atoms with Crippen LogP contribution in [0.5, 0.6) is 0 Å². The highest BCUT2D eigenvalue weighted by molar-refractivity contribution is 6.11. The van der Waals surface area contributed by atoms with Crippen LogP contribution in [0.25, 0.3) is 71.8 Å². The van der Waals surface area contributed by atoms with Gasteiger partial charge in [0.15, 0.2) is 0 Å². The summed E-state index contributed by atoms with van der Waals surface area (Å²) in [7, 11) is 0. The molecule has 10 rings (SSSR count). The van der Waals surface area contributed by atoms with E-state index in [0.29, 0.717) is 0 Å². The fourth-order valence-corrected chi connectivity index (χ4v) is 8.02. The monoisotopic (exact) mass is 688 g/mol. The first-order valence-electron chi connectivity index (χ1n) is 18.5. The lowest BCUT2D eigenvalue weighted by atomic mass is 9.97. The summed E-state index contributed by atoms with van der Waals surface area (Å²) in [6.45, 7) is 0. The molecular formula is C52H36N2. The number of nitrogens with zero attached hydrogens (tertiary/aromatic N) is 2. The number of benzene rings is 8. The van der Waals surface area contributed by atoms with Gasteiger partial charge >= 0.3 is 0 Å². The van der Waals surface area contributed by atoms with Gasteiger partial charge in [0, 0.05) is 33.4 Å². The fraction of sp³-hybridized carbons (Fsp3) is 0.